The van der Waals surface area contributed by atoms with Crippen LogP contribution < -0.4 is 5.73 Å². The summed E-state index contributed by atoms with van der Waals surface area (Å²) >= 11 is 0. The van der Waals surface area contributed by atoms with E-state index in [4.69, 9.17) is 5.73 Å². The second-order valence-electron chi connectivity index (χ2n) is 1.85. The third kappa shape index (κ3) is 2.67. The van der Waals surface area contributed by atoms with Crippen LogP contribution in [0.4, 0.5) is 0 Å². The van der Waals surface area contributed by atoms with Gasteiger partial charge in [-0.15, -0.1) is 12.4 Å². The van der Waals surface area contributed by atoms with E-state index in [2.05, 4.69) is 9.89 Å². The van der Waals surface area contributed by atoms with Gasteiger partial charge in [0.05, 0.1) is 12.9 Å². The zero-order valence-corrected chi connectivity index (χ0v) is 6.10. The van der Waals surface area contributed by atoms with Crippen molar-refractivity contribution in [2.24, 2.45) is 10.7 Å². The number of nitrogens with zero attached hydrogens (tertiary/aromatic N) is 2. The summed E-state index contributed by atoms with van der Waals surface area (Å²) in [5.41, 5.74) is 5.30. The van der Waals surface area contributed by atoms with Crippen molar-refractivity contribution >= 4 is 18.7 Å². The van der Waals surface area contributed by atoms with E-state index in [1.165, 1.54) is 0 Å². The SMILES string of the molecule is Cl.NCCN1C=NCC1. The molecule has 0 radical (unpaired) electrons. The van der Waals surface area contributed by atoms with Gasteiger partial charge in [-0.1, -0.05) is 0 Å². The molecule has 0 aromatic rings. The highest BCUT2D eigenvalue weighted by atomic mass is 35.5. The Bertz CT molecular complexity index is 94.2. The molecule has 0 fully saturated rings. The first kappa shape index (κ1) is 8.72. The lowest BCUT2D eigenvalue weighted by atomic mass is 10.5. The highest BCUT2D eigenvalue weighted by molar-refractivity contribution is 5.85. The van der Waals surface area contributed by atoms with E-state index in [-0.39, 0.29) is 12.4 Å². The van der Waals surface area contributed by atoms with Crippen molar-refractivity contribution in [1.29, 1.82) is 0 Å². The van der Waals surface area contributed by atoms with Crippen LogP contribution in [0.25, 0.3) is 0 Å². The quantitative estimate of drug-likeness (QED) is 0.587. The van der Waals surface area contributed by atoms with Gasteiger partial charge in [-0.2, -0.15) is 0 Å². The van der Waals surface area contributed by atoms with Gasteiger partial charge >= 0.3 is 0 Å². The lowest BCUT2D eigenvalue weighted by Crippen LogP contribution is -2.26. The maximum Gasteiger partial charge on any atom is 0.0851 e. The van der Waals surface area contributed by atoms with Gasteiger partial charge in [0.1, 0.15) is 0 Å². The van der Waals surface area contributed by atoms with E-state index in [0.717, 1.165) is 26.2 Å². The number of nitrogens with two attached hydrogens (primary N) is 1. The molecule has 0 aromatic heterocycles. The fourth-order valence-corrected chi connectivity index (χ4v) is 0.752. The highest BCUT2D eigenvalue weighted by Gasteiger charge is 2.01. The molecule has 1 aliphatic heterocycles. The number of rotatable bonds is 2. The van der Waals surface area contributed by atoms with E-state index >= 15 is 0 Å². The number of hydrogen-bond acceptors (Lipinski definition) is 3. The molecule has 0 atom stereocenters. The molecule has 9 heavy (non-hydrogen) atoms. The minimum atomic E-state index is 0. The summed E-state index contributed by atoms with van der Waals surface area (Å²) in [7, 11) is 0. The Balaban J connectivity index is 0.000000640. The molecule has 0 unspecified atom stereocenters. The molecule has 0 saturated heterocycles. The standard InChI is InChI=1S/C5H11N3.ClH/c6-1-3-8-4-2-7-5-8;/h5H,1-4,6H2;1H. The summed E-state index contributed by atoms with van der Waals surface area (Å²) < 4.78 is 0. The Morgan fingerprint density at radius 3 is 2.89 bits per heavy atom. The summed E-state index contributed by atoms with van der Waals surface area (Å²) in [5.74, 6) is 0. The van der Waals surface area contributed by atoms with Gasteiger partial charge in [0.15, 0.2) is 0 Å². The third-order valence-electron chi connectivity index (χ3n) is 1.18. The van der Waals surface area contributed by atoms with Crippen molar-refractivity contribution in [2.75, 3.05) is 26.2 Å². The Morgan fingerprint density at radius 1 is 1.67 bits per heavy atom. The number of hydrogen-bond donors (Lipinski definition) is 1. The van der Waals surface area contributed by atoms with Crippen molar-refractivity contribution < 1.29 is 0 Å². The average molecular weight is 150 g/mol. The number of halogens is 1. The van der Waals surface area contributed by atoms with Gasteiger partial charge in [-0.25, -0.2) is 0 Å². The lowest BCUT2D eigenvalue weighted by Gasteiger charge is -2.09. The van der Waals surface area contributed by atoms with E-state index < -0.39 is 0 Å². The fourth-order valence-electron chi connectivity index (χ4n) is 0.752. The minimum absolute atomic E-state index is 0. The Kier molecular flexibility index (Phi) is 4.44. The molecule has 54 valence electrons. The van der Waals surface area contributed by atoms with Crippen LogP contribution in [-0.4, -0.2) is 37.4 Å². The Morgan fingerprint density at radius 2 is 2.44 bits per heavy atom. The van der Waals surface area contributed by atoms with Crippen molar-refractivity contribution in [1.82, 2.24) is 4.90 Å². The summed E-state index contributed by atoms with van der Waals surface area (Å²) in [6, 6.07) is 0. The van der Waals surface area contributed by atoms with Crippen LogP contribution in [0, 0.1) is 0 Å². The molecule has 0 amide bonds. The fraction of sp³-hybridized carbons (Fsp3) is 0.800. The first-order valence-electron chi connectivity index (χ1n) is 2.87. The van der Waals surface area contributed by atoms with Gasteiger partial charge in [0.2, 0.25) is 0 Å². The summed E-state index contributed by atoms with van der Waals surface area (Å²) in [6.45, 7) is 3.67. The second kappa shape index (κ2) is 4.58. The zero-order valence-electron chi connectivity index (χ0n) is 5.29. The molecular weight excluding hydrogens is 138 g/mol. The maximum atomic E-state index is 5.30. The smallest absolute Gasteiger partial charge is 0.0851 e. The van der Waals surface area contributed by atoms with Gasteiger partial charge in [-0.3, -0.25) is 4.99 Å². The summed E-state index contributed by atoms with van der Waals surface area (Å²) in [6.07, 6.45) is 1.87. The molecule has 0 aromatic carbocycles. The monoisotopic (exact) mass is 149 g/mol. The number of aliphatic imine (C=N–C) groups is 1. The zero-order chi connectivity index (χ0) is 5.82. The molecule has 0 aliphatic carbocycles. The molecule has 2 N–H and O–H groups in total. The molecule has 0 saturated carbocycles. The normalized spacial score (nSPS) is 15.9. The van der Waals surface area contributed by atoms with Crippen LogP contribution >= 0.6 is 12.4 Å². The maximum absolute atomic E-state index is 5.30. The summed E-state index contributed by atoms with van der Waals surface area (Å²) in [4.78, 5) is 6.15. The van der Waals surface area contributed by atoms with E-state index in [0.29, 0.717) is 0 Å². The van der Waals surface area contributed by atoms with Gasteiger partial charge in [0.25, 0.3) is 0 Å². The van der Waals surface area contributed by atoms with Crippen LogP contribution in [0.15, 0.2) is 4.99 Å². The van der Waals surface area contributed by atoms with Crippen LogP contribution in [0.5, 0.6) is 0 Å². The molecule has 1 heterocycles. The van der Waals surface area contributed by atoms with E-state index in [1.54, 1.807) is 0 Å². The third-order valence-corrected chi connectivity index (χ3v) is 1.18. The lowest BCUT2D eigenvalue weighted by molar-refractivity contribution is 0.478. The molecular formula is C5H12ClN3. The van der Waals surface area contributed by atoms with Crippen LogP contribution in [0.1, 0.15) is 0 Å². The first-order valence-corrected chi connectivity index (χ1v) is 2.87. The summed E-state index contributed by atoms with van der Waals surface area (Å²) in [5, 5.41) is 0. The van der Waals surface area contributed by atoms with Crippen molar-refractivity contribution in [3.8, 4) is 0 Å². The second-order valence-corrected chi connectivity index (χ2v) is 1.85. The molecule has 1 rings (SSSR count). The molecule has 4 heteroatoms. The largest absolute Gasteiger partial charge is 0.360 e. The Labute approximate surface area is 61.3 Å². The van der Waals surface area contributed by atoms with Crippen molar-refractivity contribution in [2.45, 2.75) is 0 Å². The minimum Gasteiger partial charge on any atom is -0.360 e. The van der Waals surface area contributed by atoms with Crippen LogP contribution in [-0.2, 0) is 0 Å². The predicted octanol–water partition coefficient (Wildman–Crippen LogP) is -0.289. The van der Waals surface area contributed by atoms with Gasteiger partial charge in [-0.05, 0) is 0 Å². The first-order chi connectivity index (χ1) is 3.93. The van der Waals surface area contributed by atoms with Gasteiger partial charge in [0, 0.05) is 19.6 Å². The van der Waals surface area contributed by atoms with Crippen molar-refractivity contribution in [3.05, 3.63) is 0 Å². The topological polar surface area (TPSA) is 41.6 Å². The predicted molar refractivity (Wildman–Crippen MR) is 41.2 cm³/mol. The van der Waals surface area contributed by atoms with E-state index in [1.807, 2.05) is 6.34 Å². The molecule has 0 bridgehead atoms. The molecule has 0 spiro atoms. The molecule has 3 nitrogen and oxygen atoms in total. The van der Waals surface area contributed by atoms with Gasteiger partial charge < -0.3 is 10.6 Å². The molecule has 1 aliphatic rings. The van der Waals surface area contributed by atoms with Crippen molar-refractivity contribution in [3.63, 3.8) is 0 Å². The average Bonchev–Trinajstić information content (AvgIpc) is 2.19. The Hall–Kier alpha value is -0.280. The highest BCUT2D eigenvalue weighted by Crippen LogP contribution is 1.89. The van der Waals surface area contributed by atoms with E-state index in [9.17, 15) is 0 Å². The van der Waals surface area contributed by atoms with Crippen LogP contribution in [0.3, 0.4) is 0 Å². The van der Waals surface area contributed by atoms with Crippen LogP contribution in [0.2, 0.25) is 0 Å².